The molecule has 13 rings (SSSR count). The summed E-state index contributed by atoms with van der Waals surface area (Å²) in [5, 5.41) is 51.9. The van der Waals surface area contributed by atoms with Gasteiger partial charge >= 0.3 is 149 Å². The molecule has 12 aromatic rings. The van der Waals surface area contributed by atoms with Crippen LogP contribution in [0, 0.1) is 43.5 Å². The molecule has 0 spiro atoms. The molecule has 4 aromatic heterocycles. The van der Waals surface area contributed by atoms with E-state index in [4.69, 9.17) is 37.2 Å². The van der Waals surface area contributed by atoms with E-state index >= 15 is 0 Å². The zero-order chi connectivity index (χ0) is 78.8. The normalized spacial score (nSPS) is 11.2. The van der Waals surface area contributed by atoms with Crippen LogP contribution in [0.15, 0.2) is 175 Å². The first-order valence-corrected chi connectivity index (χ1v) is 33.6. The molecule has 1 aliphatic heterocycles. The SMILES string of the molecule is CC(=O)c1c(-c2ccc(F)cc2)oc2cc([N+](=O)[O-])c(O)cc12.CC(=O)c1c(-c2ccc(F)cc2)oc2cc([N+](=O)[O-])c(OC(C)C)cc12.CC(=O)c1c(-c2ccc(F)cc2)oc2ccc(O)cc12.CC(=O)c1c(-c2ccc(F)cc2)oc2ccc(OC(C)C)cc12.CC(C)Br.CN1CCCC1=O.O=CO[O-].[Cs+].[Cs+].[H-]. The van der Waals surface area contributed by atoms with Crippen molar-refractivity contribution in [3.8, 4) is 68.3 Å². The summed E-state index contributed by atoms with van der Waals surface area (Å²) in [5.41, 5.74) is 4.19. The van der Waals surface area contributed by atoms with Crippen LogP contribution in [-0.4, -0.2) is 91.1 Å². The Hall–Kier alpha value is -8.20. The molecule has 0 aliphatic carbocycles. The van der Waals surface area contributed by atoms with Crippen LogP contribution >= 0.6 is 15.9 Å². The number of halogens is 5. The fraction of sp³-hybridized carbons (Fsp3) is 0.215. The second-order valence-electron chi connectivity index (χ2n) is 24.4. The van der Waals surface area contributed by atoms with Crippen molar-refractivity contribution < 1.29 is 243 Å². The number of phenolic OH excluding ortho intramolecular Hbond substituents is 2. The van der Waals surface area contributed by atoms with Gasteiger partial charge in [0.1, 0.15) is 80.1 Å². The molecule has 5 heterocycles. The number of aromatic hydroxyl groups is 2. The topological polar surface area (TPSA) is 336 Å². The average Bonchev–Trinajstić information content (AvgIpc) is 1.63. The third-order valence-corrected chi connectivity index (χ3v) is 15.2. The molecule has 1 fully saturated rings. The number of nitrogens with zero attached hydrogens (tertiary/aromatic N) is 3. The van der Waals surface area contributed by atoms with E-state index in [-0.39, 0.29) is 249 Å². The number of likely N-dealkylation sites (tertiary alicyclic amines) is 1. The van der Waals surface area contributed by atoms with Crippen molar-refractivity contribution in [2.24, 2.45) is 0 Å². The number of carbonyl (C=O) groups is 6. The van der Waals surface area contributed by atoms with Gasteiger partial charge in [-0.05, 0) is 207 Å². The molecule has 0 saturated carbocycles. The number of nitro benzene ring substituents is 2. The minimum absolute atomic E-state index is 0. The largest absolute Gasteiger partial charge is 1.00 e. The minimum Gasteiger partial charge on any atom is -1.00 e. The van der Waals surface area contributed by atoms with E-state index in [9.17, 15) is 72.0 Å². The van der Waals surface area contributed by atoms with Gasteiger partial charge in [0, 0.05) is 68.6 Å². The number of phenols is 2. The number of hydrogen-bond donors (Lipinski definition) is 2. The van der Waals surface area contributed by atoms with Gasteiger partial charge in [-0.25, -0.2) is 17.6 Å². The fourth-order valence-electron chi connectivity index (χ4n) is 10.8. The number of alkyl halides is 1. The number of carbonyl (C=O) groups excluding carboxylic acids is 6. The molecule has 2 N–H and O–H groups in total. The maximum absolute atomic E-state index is 13.2. The van der Waals surface area contributed by atoms with Gasteiger partial charge in [-0.2, -0.15) is 0 Å². The van der Waals surface area contributed by atoms with Crippen molar-refractivity contribution in [3.63, 3.8) is 0 Å². The fourth-order valence-corrected chi connectivity index (χ4v) is 10.8. The van der Waals surface area contributed by atoms with Gasteiger partial charge < -0.3 is 53.8 Å². The standard InChI is InChI=1S/C19H16FNO5.C19H17FO3.C16H10FNO5.C16H11FO3.C5H9NO.C3H7Br.CH2O3.2Cs.H/c1-10(2)25-17-8-14-16(9-15(17)21(23)24)26-19(18(14)11(3)22)12-4-6-13(20)7-5-12;1-11(2)22-15-8-9-17-16(10-15)18(12(3)21)19(23-17)13-4-6-14(20)7-5-13;1-8(19)15-11-6-13(20)12(18(21)22)7-14(11)23-16(15)9-2-4-10(17)5-3-9;1-9(18)15-13-8-12(19)6-7-14(13)20-16(15)10-2-4-11(17)5-3-10;1-6-4-2-3-5(6)7;1-3(2)4;2-1-4-3;;;/h4-10H,1-3H3;4-11H,1-3H3;2-7,20H,1H3;2-8,19H,1H3;2-4H2,1H3;3H,1-2H3;1,3H;;;/q;;;;;;;2*+1;-1/p-1. The van der Waals surface area contributed by atoms with E-state index in [1.165, 1.54) is 125 Å². The minimum atomic E-state index is -0.748. The number of nitro groups is 2. The summed E-state index contributed by atoms with van der Waals surface area (Å²) in [6.45, 7) is 17.9. The Morgan fingerprint density at radius 3 is 1.14 bits per heavy atom. The number of ketones is 4. The molecule has 0 bridgehead atoms. The predicted molar refractivity (Wildman–Crippen MR) is 394 cm³/mol. The summed E-state index contributed by atoms with van der Waals surface area (Å²) < 4.78 is 86.4. The maximum Gasteiger partial charge on any atom is 1.00 e. The van der Waals surface area contributed by atoms with Crippen LogP contribution in [0.2, 0.25) is 0 Å². The van der Waals surface area contributed by atoms with Crippen molar-refractivity contribution in [2.75, 3.05) is 13.6 Å². The number of hydrogen-bond acceptors (Lipinski definition) is 20. The predicted octanol–water partition coefficient (Wildman–Crippen LogP) is 13.2. The summed E-state index contributed by atoms with van der Waals surface area (Å²) in [6, 6.07) is 37.3. The summed E-state index contributed by atoms with van der Waals surface area (Å²) in [7, 11) is 1.84. The molecule has 30 heteroatoms. The van der Waals surface area contributed by atoms with Gasteiger partial charge in [-0.15, -0.1) is 0 Å². The number of rotatable bonds is 15. The van der Waals surface area contributed by atoms with Crippen molar-refractivity contribution >= 4 is 107 Å². The molecule has 560 valence electrons. The zero-order valence-electron chi connectivity index (χ0n) is 62.4. The molecule has 8 aromatic carbocycles. The Balaban J connectivity index is 0.000000289. The number of benzene rings is 8. The Morgan fingerprint density at radius 1 is 0.514 bits per heavy atom. The monoisotopic (exact) mass is 1800 g/mol. The molecule has 0 atom stereocenters. The van der Waals surface area contributed by atoms with Gasteiger partial charge in [-0.3, -0.25) is 49.0 Å². The Bertz CT molecular complexity index is 5240. The van der Waals surface area contributed by atoms with Crippen LogP contribution in [-0.2, 0) is 14.5 Å². The van der Waals surface area contributed by atoms with Crippen LogP contribution in [0.25, 0.3) is 89.2 Å². The summed E-state index contributed by atoms with van der Waals surface area (Å²) in [5.74, 6) is -0.644. The first-order valence-electron chi connectivity index (χ1n) is 32.6. The van der Waals surface area contributed by atoms with E-state index in [0.717, 1.165) is 31.5 Å². The number of fused-ring (bicyclic) bond motifs is 4. The number of amides is 1. The van der Waals surface area contributed by atoms with Gasteiger partial charge in [0.2, 0.25) is 5.91 Å². The molecule has 1 saturated heterocycles. The first kappa shape index (κ1) is 91.4. The van der Waals surface area contributed by atoms with Crippen LogP contribution in [0.5, 0.6) is 23.0 Å². The third-order valence-electron chi connectivity index (χ3n) is 15.2. The molecular formula is C79H72BrCs2F4N3O20. The van der Waals surface area contributed by atoms with E-state index in [0.29, 0.717) is 88.7 Å². The van der Waals surface area contributed by atoms with Gasteiger partial charge in [-0.1, -0.05) is 29.8 Å². The van der Waals surface area contributed by atoms with Gasteiger partial charge in [0.05, 0.1) is 56.4 Å². The van der Waals surface area contributed by atoms with Crippen molar-refractivity contribution in [2.45, 2.75) is 99.1 Å². The molecule has 0 radical (unpaired) electrons. The molecule has 23 nitrogen and oxygen atoms in total. The van der Waals surface area contributed by atoms with Crippen LogP contribution < -0.4 is 153 Å². The maximum atomic E-state index is 13.2. The zero-order valence-corrected chi connectivity index (χ0v) is 75.6. The Kier molecular flexibility index (Phi) is 35.5. The second-order valence-corrected chi connectivity index (χ2v) is 26.3. The van der Waals surface area contributed by atoms with Crippen LogP contribution in [0.4, 0.5) is 28.9 Å². The third kappa shape index (κ3) is 24.6. The molecule has 1 amide bonds. The van der Waals surface area contributed by atoms with Crippen molar-refractivity contribution in [1.82, 2.24) is 4.90 Å². The number of furan rings is 4. The molecule has 1 aliphatic rings. The van der Waals surface area contributed by atoms with Crippen LogP contribution in [0.3, 0.4) is 0 Å². The average molecular weight is 1810 g/mol. The quantitative estimate of drug-likeness (QED) is 0.0183. The second kappa shape index (κ2) is 42.3. The molecule has 0 unspecified atom stereocenters. The van der Waals surface area contributed by atoms with Gasteiger partial charge in [0.25, 0.3) is 6.47 Å². The van der Waals surface area contributed by atoms with Crippen molar-refractivity contribution in [1.29, 1.82) is 0 Å². The number of Topliss-reactive ketones (excluding diaryl/α,β-unsaturated/α-hetero) is 4. The summed E-state index contributed by atoms with van der Waals surface area (Å²) in [4.78, 5) is 93.3. The van der Waals surface area contributed by atoms with E-state index in [1.54, 1.807) is 55.1 Å². The first-order chi connectivity index (χ1) is 50.6. The van der Waals surface area contributed by atoms with Gasteiger partial charge in [0.15, 0.2) is 34.6 Å². The summed E-state index contributed by atoms with van der Waals surface area (Å²) in [6.07, 6.45) is 1.57. The van der Waals surface area contributed by atoms with E-state index in [1.807, 2.05) is 33.0 Å². The Labute approximate surface area is 748 Å². The molecular weight excluding hydrogens is 1730 g/mol. The smallest absolute Gasteiger partial charge is 1.00 e. The van der Waals surface area contributed by atoms with E-state index in [2.05, 4.69) is 34.7 Å². The molecule has 109 heavy (non-hydrogen) atoms. The summed E-state index contributed by atoms with van der Waals surface area (Å²) >= 11 is 3.27. The van der Waals surface area contributed by atoms with Crippen LogP contribution in [0.1, 0.15) is 125 Å². The Morgan fingerprint density at radius 2 is 0.835 bits per heavy atom. The van der Waals surface area contributed by atoms with Crippen molar-refractivity contribution in [3.05, 3.63) is 223 Å². The van der Waals surface area contributed by atoms with E-state index < -0.39 is 32.9 Å². The number of ether oxygens (including phenoxy) is 2.